The number of aliphatic imine (C=N–C) groups is 1. The van der Waals surface area contributed by atoms with Crippen LogP contribution in [0.5, 0.6) is 0 Å². The first-order valence-electron chi connectivity index (χ1n) is 5.48. The molecule has 0 saturated heterocycles. The van der Waals surface area contributed by atoms with Crippen LogP contribution in [0.2, 0.25) is 0 Å². The molecule has 0 spiro atoms. The summed E-state index contributed by atoms with van der Waals surface area (Å²) in [5, 5.41) is 2.16. The molecule has 2 rings (SSSR count). The van der Waals surface area contributed by atoms with E-state index in [1.165, 1.54) is 47.2 Å². The molecule has 15 heavy (non-hydrogen) atoms. The van der Waals surface area contributed by atoms with Gasteiger partial charge in [-0.3, -0.25) is 4.99 Å². The van der Waals surface area contributed by atoms with Gasteiger partial charge in [-0.05, 0) is 53.1 Å². The first-order valence-corrected chi connectivity index (χ1v) is 7.16. The van der Waals surface area contributed by atoms with Crippen LogP contribution in [-0.2, 0) is 6.42 Å². The third kappa shape index (κ3) is 2.70. The summed E-state index contributed by atoms with van der Waals surface area (Å²) in [5.74, 6) is 0.693. The SMILES string of the molecule is CN=C1CCCCC1Cc1sccc1Br. The van der Waals surface area contributed by atoms with Crippen molar-refractivity contribution in [2.45, 2.75) is 32.1 Å². The van der Waals surface area contributed by atoms with Gasteiger partial charge < -0.3 is 0 Å². The van der Waals surface area contributed by atoms with E-state index in [4.69, 9.17) is 0 Å². The van der Waals surface area contributed by atoms with Crippen LogP contribution in [0.3, 0.4) is 0 Å². The third-order valence-electron chi connectivity index (χ3n) is 3.12. The van der Waals surface area contributed by atoms with Gasteiger partial charge in [0.25, 0.3) is 0 Å². The van der Waals surface area contributed by atoms with Crippen LogP contribution in [0.25, 0.3) is 0 Å². The minimum atomic E-state index is 0.693. The van der Waals surface area contributed by atoms with Crippen molar-refractivity contribution in [3.63, 3.8) is 0 Å². The van der Waals surface area contributed by atoms with E-state index in [9.17, 15) is 0 Å². The van der Waals surface area contributed by atoms with Gasteiger partial charge in [-0.2, -0.15) is 0 Å². The molecule has 82 valence electrons. The molecule has 3 heteroatoms. The minimum Gasteiger partial charge on any atom is -0.297 e. The molecule has 1 aromatic rings. The standard InChI is InChI=1S/C12H16BrNS/c1-14-11-5-3-2-4-9(11)8-12-10(13)6-7-15-12/h6-7,9H,2-5,8H2,1H3. The van der Waals surface area contributed by atoms with Gasteiger partial charge in [0.1, 0.15) is 0 Å². The lowest BCUT2D eigenvalue weighted by Crippen LogP contribution is -2.21. The summed E-state index contributed by atoms with van der Waals surface area (Å²) in [6.07, 6.45) is 6.40. The highest BCUT2D eigenvalue weighted by Gasteiger charge is 2.21. The van der Waals surface area contributed by atoms with Gasteiger partial charge in [-0.15, -0.1) is 11.3 Å². The molecule has 1 aliphatic rings. The van der Waals surface area contributed by atoms with Crippen LogP contribution in [0.4, 0.5) is 0 Å². The Morgan fingerprint density at radius 2 is 2.40 bits per heavy atom. The Labute approximate surface area is 104 Å². The van der Waals surface area contributed by atoms with Gasteiger partial charge in [0.2, 0.25) is 0 Å². The average Bonchev–Trinajstić information content (AvgIpc) is 2.65. The molecule has 1 fully saturated rings. The van der Waals surface area contributed by atoms with Gasteiger partial charge in [-0.25, -0.2) is 0 Å². The Morgan fingerprint density at radius 3 is 3.07 bits per heavy atom. The second kappa shape index (κ2) is 5.26. The second-order valence-corrected chi connectivity index (χ2v) is 5.91. The summed E-state index contributed by atoms with van der Waals surface area (Å²) in [6.45, 7) is 0. The van der Waals surface area contributed by atoms with E-state index in [0.29, 0.717) is 5.92 Å². The number of hydrogen-bond donors (Lipinski definition) is 0. The lowest BCUT2D eigenvalue weighted by atomic mass is 9.84. The fourth-order valence-electron chi connectivity index (χ4n) is 2.28. The van der Waals surface area contributed by atoms with Crippen molar-refractivity contribution in [1.29, 1.82) is 0 Å². The second-order valence-electron chi connectivity index (χ2n) is 4.05. The number of nitrogens with zero attached hydrogens (tertiary/aromatic N) is 1. The monoisotopic (exact) mass is 285 g/mol. The fourth-order valence-corrected chi connectivity index (χ4v) is 3.87. The van der Waals surface area contributed by atoms with E-state index in [2.05, 4.69) is 32.4 Å². The Hall–Kier alpha value is -0.150. The molecule has 1 saturated carbocycles. The highest BCUT2D eigenvalue weighted by Crippen LogP contribution is 2.30. The minimum absolute atomic E-state index is 0.693. The molecule has 1 nitrogen and oxygen atoms in total. The summed E-state index contributed by atoms with van der Waals surface area (Å²) in [6, 6.07) is 2.14. The molecule has 0 N–H and O–H groups in total. The van der Waals surface area contributed by atoms with Crippen molar-refractivity contribution >= 4 is 33.0 Å². The third-order valence-corrected chi connectivity index (χ3v) is 5.07. The highest BCUT2D eigenvalue weighted by atomic mass is 79.9. The molecule has 0 aromatic carbocycles. The summed E-state index contributed by atoms with van der Waals surface area (Å²) in [7, 11) is 1.94. The van der Waals surface area contributed by atoms with Crippen molar-refractivity contribution in [3.8, 4) is 0 Å². The molecule has 1 unspecified atom stereocenters. The lowest BCUT2D eigenvalue weighted by Gasteiger charge is -2.23. The van der Waals surface area contributed by atoms with E-state index < -0.39 is 0 Å². The first kappa shape index (κ1) is 11.3. The normalized spacial score (nSPS) is 24.7. The van der Waals surface area contributed by atoms with E-state index in [0.717, 1.165) is 0 Å². The predicted octanol–water partition coefficient (Wildman–Crippen LogP) is 4.31. The molecule has 0 amide bonds. The smallest absolute Gasteiger partial charge is 0.0314 e. The van der Waals surface area contributed by atoms with Gasteiger partial charge in [0.05, 0.1) is 0 Å². The first-order chi connectivity index (χ1) is 7.31. The Bertz CT molecular complexity index is 356. The molecule has 0 bridgehead atoms. The zero-order valence-electron chi connectivity index (χ0n) is 9.00. The van der Waals surface area contributed by atoms with Crippen molar-refractivity contribution < 1.29 is 0 Å². The number of thiophene rings is 1. The van der Waals surface area contributed by atoms with Crippen LogP contribution in [0.15, 0.2) is 20.9 Å². The average molecular weight is 286 g/mol. The van der Waals surface area contributed by atoms with E-state index in [1.54, 1.807) is 0 Å². The largest absolute Gasteiger partial charge is 0.297 e. The Morgan fingerprint density at radius 1 is 1.53 bits per heavy atom. The maximum atomic E-state index is 4.45. The van der Waals surface area contributed by atoms with Crippen LogP contribution < -0.4 is 0 Å². The zero-order chi connectivity index (χ0) is 10.7. The topological polar surface area (TPSA) is 12.4 Å². The summed E-state index contributed by atoms with van der Waals surface area (Å²) >= 11 is 5.46. The van der Waals surface area contributed by atoms with E-state index in [1.807, 2.05) is 18.4 Å². The Kier molecular flexibility index (Phi) is 3.98. The number of rotatable bonds is 2. The molecule has 0 radical (unpaired) electrons. The fraction of sp³-hybridized carbons (Fsp3) is 0.583. The zero-order valence-corrected chi connectivity index (χ0v) is 11.4. The summed E-state index contributed by atoms with van der Waals surface area (Å²) in [4.78, 5) is 5.92. The summed E-state index contributed by atoms with van der Waals surface area (Å²) in [5.41, 5.74) is 1.43. The predicted molar refractivity (Wildman–Crippen MR) is 71.0 cm³/mol. The van der Waals surface area contributed by atoms with Gasteiger partial charge >= 0.3 is 0 Å². The number of hydrogen-bond acceptors (Lipinski definition) is 2. The van der Waals surface area contributed by atoms with Crippen molar-refractivity contribution in [2.24, 2.45) is 10.9 Å². The van der Waals surface area contributed by atoms with Crippen LogP contribution in [-0.4, -0.2) is 12.8 Å². The van der Waals surface area contributed by atoms with E-state index in [-0.39, 0.29) is 0 Å². The molecular weight excluding hydrogens is 270 g/mol. The molecular formula is C12H16BrNS. The lowest BCUT2D eigenvalue weighted by molar-refractivity contribution is 0.525. The quantitative estimate of drug-likeness (QED) is 0.768. The van der Waals surface area contributed by atoms with Gasteiger partial charge in [-0.1, -0.05) is 6.42 Å². The molecule has 1 atom stereocenters. The highest BCUT2D eigenvalue weighted by molar-refractivity contribution is 9.10. The van der Waals surface area contributed by atoms with Gasteiger partial charge in [0, 0.05) is 28.0 Å². The van der Waals surface area contributed by atoms with Crippen molar-refractivity contribution in [3.05, 3.63) is 20.8 Å². The maximum absolute atomic E-state index is 4.45. The van der Waals surface area contributed by atoms with Crippen LogP contribution in [0.1, 0.15) is 30.6 Å². The van der Waals surface area contributed by atoms with Crippen molar-refractivity contribution in [1.82, 2.24) is 0 Å². The van der Waals surface area contributed by atoms with Crippen molar-refractivity contribution in [2.75, 3.05) is 7.05 Å². The van der Waals surface area contributed by atoms with Gasteiger partial charge in [0.15, 0.2) is 0 Å². The molecule has 1 aliphatic carbocycles. The number of halogens is 1. The Balaban J connectivity index is 2.07. The maximum Gasteiger partial charge on any atom is 0.0314 e. The molecule has 1 aromatic heterocycles. The molecule has 0 aliphatic heterocycles. The van der Waals surface area contributed by atoms with Crippen LogP contribution >= 0.6 is 27.3 Å². The van der Waals surface area contributed by atoms with Crippen LogP contribution in [0, 0.1) is 5.92 Å². The molecule has 1 heterocycles. The van der Waals surface area contributed by atoms with E-state index >= 15 is 0 Å². The summed E-state index contributed by atoms with van der Waals surface area (Å²) < 4.78 is 1.27.